The Bertz CT molecular complexity index is 1860. The number of thiophene rings is 1. The summed E-state index contributed by atoms with van der Waals surface area (Å²) in [6.07, 6.45) is 1.18. The number of anilines is 2. The molecule has 2 N–H and O–H groups in total. The van der Waals surface area contributed by atoms with Crippen molar-refractivity contribution in [2.45, 2.75) is 25.2 Å². The number of hydrogen-bond acceptors (Lipinski definition) is 10. The lowest BCUT2D eigenvalue weighted by atomic mass is 10.2. The van der Waals surface area contributed by atoms with E-state index in [4.69, 9.17) is 21.1 Å². The standard InChI is InChI=1S/C30H27ClFN5O5S2/c31-25-14-22(5-7-27(25)41-17-19-2-1-3-20(32)12-19)36-29-28-26(34-18-35-29)15-24(43-28)6-4-21-13-23(16-33-21)42-30(38)37-8-10-44(39,40)11-9-37/h1-3,5,7,12,14-15,18,21,23,33H,8-11,13,16-17H2,(H,34,35,36)/t21-,23-/m1/s1. The van der Waals surface area contributed by atoms with Gasteiger partial charge in [-0.25, -0.2) is 27.6 Å². The molecule has 2 aliphatic heterocycles. The zero-order valence-electron chi connectivity index (χ0n) is 23.3. The third kappa shape index (κ3) is 7.39. The summed E-state index contributed by atoms with van der Waals surface area (Å²) in [6, 6.07) is 13.2. The van der Waals surface area contributed by atoms with Gasteiger partial charge in [0.2, 0.25) is 0 Å². The highest BCUT2D eigenvalue weighted by atomic mass is 35.5. The fraction of sp³-hybridized carbons (Fsp3) is 0.300. The third-order valence-corrected chi connectivity index (χ3v) is 10.1. The number of sulfone groups is 1. The molecule has 228 valence electrons. The van der Waals surface area contributed by atoms with Gasteiger partial charge in [-0.15, -0.1) is 11.3 Å². The molecule has 6 rings (SSSR count). The lowest BCUT2D eigenvalue weighted by Crippen LogP contribution is -2.45. The van der Waals surface area contributed by atoms with Gasteiger partial charge in [-0.1, -0.05) is 35.6 Å². The molecule has 4 aromatic rings. The Balaban J connectivity index is 1.06. The Hall–Kier alpha value is -3.96. The van der Waals surface area contributed by atoms with Crippen LogP contribution in [0.3, 0.4) is 0 Å². The Morgan fingerprint density at radius 3 is 2.82 bits per heavy atom. The van der Waals surface area contributed by atoms with Crippen molar-refractivity contribution in [2.75, 3.05) is 36.5 Å². The van der Waals surface area contributed by atoms with Crippen molar-refractivity contribution in [3.63, 3.8) is 0 Å². The highest BCUT2D eigenvalue weighted by molar-refractivity contribution is 7.91. The average molecular weight is 656 g/mol. The van der Waals surface area contributed by atoms with Gasteiger partial charge in [-0.2, -0.15) is 0 Å². The van der Waals surface area contributed by atoms with Crippen molar-refractivity contribution in [3.05, 3.63) is 76.1 Å². The molecular formula is C30H27ClFN5O5S2. The van der Waals surface area contributed by atoms with Crippen LogP contribution in [0.5, 0.6) is 5.75 Å². The van der Waals surface area contributed by atoms with E-state index in [-0.39, 0.29) is 49.2 Å². The van der Waals surface area contributed by atoms with E-state index in [0.29, 0.717) is 40.8 Å². The second-order valence-corrected chi connectivity index (χ2v) is 14.1. The van der Waals surface area contributed by atoms with Crippen LogP contribution < -0.4 is 15.4 Å². The Labute approximate surface area is 262 Å². The molecule has 0 radical (unpaired) electrons. The van der Waals surface area contributed by atoms with E-state index in [9.17, 15) is 17.6 Å². The first-order valence-electron chi connectivity index (χ1n) is 13.8. The van der Waals surface area contributed by atoms with Gasteiger partial charge in [0.05, 0.1) is 37.7 Å². The smallest absolute Gasteiger partial charge is 0.410 e. The summed E-state index contributed by atoms with van der Waals surface area (Å²) >= 11 is 7.91. The lowest BCUT2D eigenvalue weighted by molar-refractivity contribution is 0.0723. The number of carbonyl (C=O) groups is 1. The summed E-state index contributed by atoms with van der Waals surface area (Å²) in [5, 5.41) is 6.95. The van der Waals surface area contributed by atoms with E-state index in [1.54, 1.807) is 24.3 Å². The van der Waals surface area contributed by atoms with Crippen LogP contribution in [-0.2, 0) is 21.2 Å². The van der Waals surface area contributed by atoms with Gasteiger partial charge in [0.25, 0.3) is 0 Å². The van der Waals surface area contributed by atoms with Gasteiger partial charge in [-0.3, -0.25) is 5.32 Å². The van der Waals surface area contributed by atoms with E-state index >= 15 is 0 Å². The minimum atomic E-state index is -3.07. The normalized spacial score (nSPS) is 19.3. The van der Waals surface area contributed by atoms with Crippen molar-refractivity contribution < 1.29 is 27.1 Å². The van der Waals surface area contributed by atoms with Gasteiger partial charge < -0.3 is 19.7 Å². The van der Waals surface area contributed by atoms with Crippen LogP contribution in [0.15, 0.2) is 54.9 Å². The van der Waals surface area contributed by atoms with Gasteiger partial charge in [-0.05, 0) is 42.0 Å². The molecule has 2 atom stereocenters. The van der Waals surface area contributed by atoms with Crippen molar-refractivity contribution in [1.82, 2.24) is 20.2 Å². The summed E-state index contributed by atoms with van der Waals surface area (Å²) < 4.78 is 48.8. The maximum absolute atomic E-state index is 13.4. The Morgan fingerprint density at radius 2 is 2.02 bits per heavy atom. The molecule has 2 aromatic heterocycles. The summed E-state index contributed by atoms with van der Waals surface area (Å²) in [5.74, 6) is 7.08. The fourth-order valence-corrected chi connectivity index (χ4v) is 7.15. The predicted molar refractivity (Wildman–Crippen MR) is 167 cm³/mol. The van der Waals surface area contributed by atoms with E-state index in [1.165, 1.54) is 34.7 Å². The zero-order valence-corrected chi connectivity index (χ0v) is 25.6. The minimum Gasteiger partial charge on any atom is -0.487 e. The summed E-state index contributed by atoms with van der Waals surface area (Å²) in [7, 11) is -3.07. The molecule has 0 bridgehead atoms. The number of nitrogens with one attached hydrogen (secondary N) is 2. The number of aromatic nitrogens is 2. The van der Waals surface area contributed by atoms with Gasteiger partial charge >= 0.3 is 6.09 Å². The average Bonchev–Trinajstić information content (AvgIpc) is 3.63. The number of nitrogens with zero attached hydrogens (tertiary/aromatic N) is 3. The van der Waals surface area contributed by atoms with E-state index in [2.05, 4.69) is 32.4 Å². The van der Waals surface area contributed by atoms with Gasteiger partial charge in [0, 0.05) is 31.7 Å². The van der Waals surface area contributed by atoms with E-state index in [0.717, 1.165) is 15.1 Å². The van der Waals surface area contributed by atoms with Crippen molar-refractivity contribution >= 4 is 60.6 Å². The number of fused-ring (bicyclic) bond motifs is 1. The quantitative estimate of drug-likeness (QED) is 0.283. The second-order valence-electron chi connectivity index (χ2n) is 10.3. The largest absolute Gasteiger partial charge is 0.487 e. The van der Waals surface area contributed by atoms with Crippen molar-refractivity contribution in [2.24, 2.45) is 0 Å². The molecule has 44 heavy (non-hydrogen) atoms. The highest BCUT2D eigenvalue weighted by Crippen LogP contribution is 2.33. The van der Waals surface area contributed by atoms with Crippen LogP contribution in [0.25, 0.3) is 10.2 Å². The first-order chi connectivity index (χ1) is 21.2. The molecule has 10 nitrogen and oxygen atoms in total. The summed E-state index contributed by atoms with van der Waals surface area (Å²) in [5.41, 5.74) is 2.15. The molecule has 0 aliphatic carbocycles. The maximum atomic E-state index is 13.4. The zero-order chi connectivity index (χ0) is 30.7. The molecule has 14 heteroatoms. The van der Waals surface area contributed by atoms with Crippen LogP contribution in [0.2, 0.25) is 5.02 Å². The number of halogens is 2. The van der Waals surface area contributed by atoms with Crippen LogP contribution in [0, 0.1) is 17.7 Å². The van der Waals surface area contributed by atoms with Gasteiger partial charge in [0.1, 0.15) is 30.6 Å². The van der Waals surface area contributed by atoms with E-state index in [1.807, 2.05) is 12.1 Å². The van der Waals surface area contributed by atoms with Crippen molar-refractivity contribution in [1.29, 1.82) is 0 Å². The van der Waals surface area contributed by atoms with E-state index < -0.39 is 15.9 Å². The Morgan fingerprint density at radius 1 is 1.18 bits per heavy atom. The number of rotatable bonds is 6. The molecule has 0 spiro atoms. The van der Waals surface area contributed by atoms with Crippen molar-refractivity contribution in [3.8, 4) is 17.6 Å². The summed E-state index contributed by atoms with van der Waals surface area (Å²) in [6.45, 7) is 0.966. The first kappa shape index (κ1) is 30.1. The van der Waals surface area contributed by atoms with Crippen LogP contribution in [0.1, 0.15) is 16.9 Å². The summed E-state index contributed by atoms with van der Waals surface area (Å²) in [4.78, 5) is 23.5. The minimum absolute atomic E-state index is 0.0375. The third-order valence-electron chi connectivity index (χ3n) is 7.12. The fourth-order valence-electron chi connectivity index (χ4n) is 4.80. The molecule has 2 aliphatic rings. The number of hydrogen-bond donors (Lipinski definition) is 2. The molecule has 0 unspecified atom stereocenters. The SMILES string of the molecule is O=C(O[C@H]1CN[C@H](C#Cc2cc3ncnc(Nc4ccc(OCc5cccc(F)c5)c(Cl)c4)c3s2)C1)N1CCS(=O)(=O)CC1. The van der Waals surface area contributed by atoms with Crippen LogP contribution in [-0.4, -0.2) is 72.7 Å². The molecule has 1 amide bonds. The number of benzene rings is 2. The van der Waals surface area contributed by atoms with Crippen LogP contribution in [0.4, 0.5) is 20.7 Å². The predicted octanol–water partition coefficient (Wildman–Crippen LogP) is 4.76. The second kappa shape index (κ2) is 13.0. The number of amides is 1. The molecule has 2 fully saturated rings. The maximum Gasteiger partial charge on any atom is 0.410 e. The number of ether oxygens (including phenoxy) is 2. The van der Waals surface area contributed by atoms with Crippen LogP contribution >= 0.6 is 22.9 Å². The topological polar surface area (TPSA) is 123 Å². The molecule has 2 saturated heterocycles. The number of carbonyl (C=O) groups excluding carboxylic acids is 1. The Kier molecular flexibility index (Phi) is 8.86. The monoisotopic (exact) mass is 655 g/mol. The highest BCUT2D eigenvalue weighted by Gasteiger charge is 2.30. The first-order valence-corrected chi connectivity index (χ1v) is 16.8. The molecule has 4 heterocycles. The molecule has 0 saturated carbocycles. The lowest BCUT2D eigenvalue weighted by Gasteiger charge is -2.27. The van der Waals surface area contributed by atoms with Gasteiger partial charge in [0.15, 0.2) is 15.7 Å². The molecular weight excluding hydrogens is 629 g/mol. The molecule has 2 aromatic carbocycles.